The van der Waals surface area contributed by atoms with E-state index in [0.717, 1.165) is 57.7 Å². The Morgan fingerprint density at radius 3 is 2.46 bits per heavy atom. The van der Waals surface area contributed by atoms with Crippen molar-refractivity contribution in [1.82, 2.24) is 15.1 Å². The predicted molar refractivity (Wildman–Crippen MR) is 110 cm³/mol. The smallest absolute Gasteiger partial charge is 0.242 e. The summed E-state index contributed by atoms with van der Waals surface area (Å²) < 4.78 is 5.62. The largest absolute Gasteiger partial charge is 0.381 e. The van der Waals surface area contributed by atoms with Crippen molar-refractivity contribution in [2.75, 3.05) is 53.0 Å². The third kappa shape index (κ3) is 9.66. The van der Waals surface area contributed by atoms with Gasteiger partial charge in [-0.3, -0.25) is 9.79 Å². The maximum absolute atomic E-state index is 12.2. The van der Waals surface area contributed by atoms with Crippen LogP contribution in [0.4, 0.5) is 0 Å². The first kappa shape index (κ1) is 23.4. The molecule has 0 spiro atoms. The monoisotopic (exact) mass is 454 g/mol. The predicted octanol–water partition coefficient (Wildman–Crippen LogP) is 2.19. The summed E-state index contributed by atoms with van der Waals surface area (Å²) in [7, 11) is 1.91. The normalized spacial score (nSPS) is 14.1. The van der Waals surface area contributed by atoms with E-state index in [9.17, 15) is 4.79 Å². The van der Waals surface area contributed by atoms with Crippen LogP contribution in [-0.4, -0.2) is 74.7 Å². The van der Waals surface area contributed by atoms with E-state index in [-0.39, 0.29) is 29.9 Å². The van der Waals surface area contributed by atoms with Gasteiger partial charge in [0.05, 0.1) is 6.54 Å². The number of aliphatic imine (C=N–C) groups is 1. The highest BCUT2D eigenvalue weighted by Crippen LogP contribution is 2.28. The molecule has 1 N–H and O–H groups in total. The molecule has 0 heterocycles. The van der Waals surface area contributed by atoms with Gasteiger partial charge in [-0.2, -0.15) is 0 Å². The summed E-state index contributed by atoms with van der Waals surface area (Å²) in [4.78, 5) is 20.5. The van der Waals surface area contributed by atoms with Gasteiger partial charge in [-0.05, 0) is 46.0 Å². The summed E-state index contributed by atoms with van der Waals surface area (Å²) in [5.41, 5.74) is 0. The average Bonchev–Trinajstić information content (AvgIpc) is 3.34. The molecule has 0 unspecified atom stereocenters. The van der Waals surface area contributed by atoms with Crippen LogP contribution in [-0.2, 0) is 9.53 Å². The van der Waals surface area contributed by atoms with E-state index in [1.807, 2.05) is 37.6 Å². The summed E-state index contributed by atoms with van der Waals surface area (Å²) in [6, 6.07) is 0. The van der Waals surface area contributed by atoms with Crippen LogP contribution in [0.15, 0.2) is 4.99 Å². The lowest BCUT2D eigenvalue weighted by Crippen LogP contribution is -2.45. The molecule has 1 rings (SSSR count). The zero-order valence-corrected chi connectivity index (χ0v) is 18.0. The van der Waals surface area contributed by atoms with Gasteiger partial charge in [0.25, 0.3) is 0 Å². The number of likely N-dealkylation sites (N-methyl/N-ethyl adjacent to an activating group) is 2. The van der Waals surface area contributed by atoms with Crippen LogP contribution in [0.25, 0.3) is 0 Å². The standard InChI is InChI=1S/C17H34N4O2.HI/c1-5-18-17(19-11-8-12-23-14-15-9-10-15)20(4)13-16(22)21(6-2)7-3;/h15H,5-14H2,1-4H3,(H,18,19);1H. The number of carbonyl (C=O) groups excluding carboxylic acids is 1. The fourth-order valence-electron chi connectivity index (χ4n) is 2.31. The van der Waals surface area contributed by atoms with Crippen molar-refractivity contribution < 1.29 is 9.53 Å². The second kappa shape index (κ2) is 13.7. The van der Waals surface area contributed by atoms with Crippen molar-refractivity contribution in [3.05, 3.63) is 0 Å². The fraction of sp³-hybridized carbons (Fsp3) is 0.882. The van der Waals surface area contributed by atoms with E-state index in [1.54, 1.807) is 0 Å². The Balaban J connectivity index is 0.00000529. The number of hydrogen-bond donors (Lipinski definition) is 1. The summed E-state index contributed by atoms with van der Waals surface area (Å²) in [6.07, 6.45) is 3.57. The number of ether oxygens (including phenoxy) is 1. The van der Waals surface area contributed by atoms with Crippen LogP contribution < -0.4 is 5.32 Å². The Labute approximate surface area is 164 Å². The molecule has 0 aliphatic heterocycles. The molecule has 7 heteroatoms. The average molecular weight is 454 g/mol. The van der Waals surface area contributed by atoms with Crippen LogP contribution in [0.3, 0.4) is 0 Å². The van der Waals surface area contributed by atoms with E-state index in [4.69, 9.17) is 4.74 Å². The van der Waals surface area contributed by atoms with Crippen LogP contribution in [0, 0.1) is 5.92 Å². The zero-order valence-electron chi connectivity index (χ0n) is 15.7. The lowest BCUT2D eigenvalue weighted by molar-refractivity contribution is -0.131. The summed E-state index contributed by atoms with van der Waals surface area (Å²) in [5, 5.41) is 3.25. The Hall–Kier alpha value is -0.570. The summed E-state index contributed by atoms with van der Waals surface area (Å²) >= 11 is 0. The molecule has 0 aromatic carbocycles. The van der Waals surface area contributed by atoms with Crippen LogP contribution in [0.1, 0.15) is 40.0 Å². The molecule has 1 aliphatic carbocycles. The van der Waals surface area contributed by atoms with Gasteiger partial charge >= 0.3 is 0 Å². The molecule has 1 saturated carbocycles. The maximum Gasteiger partial charge on any atom is 0.242 e. The third-order valence-electron chi connectivity index (χ3n) is 3.94. The Kier molecular flexibility index (Phi) is 13.4. The molecule has 24 heavy (non-hydrogen) atoms. The molecule has 1 aliphatic rings. The van der Waals surface area contributed by atoms with Crippen LogP contribution >= 0.6 is 24.0 Å². The van der Waals surface area contributed by atoms with Crippen molar-refractivity contribution in [3.8, 4) is 0 Å². The number of rotatable bonds is 11. The highest BCUT2D eigenvalue weighted by molar-refractivity contribution is 14.0. The number of carbonyl (C=O) groups is 1. The van der Waals surface area contributed by atoms with Crippen molar-refractivity contribution in [2.24, 2.45) is 10.9 Å². The molecule has 0 aromatic rings. The van der Waals surface area contributed by atoms with Gasteiger partial charge in [0.2, 0.25) is 5.91 Å². The summed E-state index contributed by atoms with van der Waals surface area (Å²) in [5.74, 6) is 1.74. The van der Waals surface area contributed by atoms with Crippen LogP contribution in [0.5, 0.6) is 0 Å². The Bertz CT molecular complexity index is 372. The zero-order chi connectivity index (χ0) is 17.1. The molecule has 1 fully saturated rings. The highest BCUT2D eigenvalue weighted by atomic mass is 127. The second-order valence-corrected chi connectivity index (χ2v) is 6.03. The first-order chi connectivity index (χ1) is 11.1. The Morgan fingerprint density at radius 1 is 1.25 bits per heavy atom. The van der Waals surface area contributed by atoms with E-state index < -0.39 is 0 Å². The van der Waals surface area contributed by atoms with E-state index >= 15 is 0 Å². The van der Waals surface area contributed by atoms with Gasteiger partial charge in [0.1, 0.15) is 0 Å². The highest BCUT2D eigenvalue weighted by Gasteiger charge is 2.20. The first-order valence-corrected chi connectivity index (χ1v) is 8.97. The number of hydrogen-bond acceptors (Lipinski definition) is 3. The minimum atomic E-state index is 0. The lowest BCUT2D eigenvalue weighted by atomic mass is 10.4. The van der Waals surface area contributed by atoms with E-state index in [2.05, 4.69) is 10.3 Å². The minimum Gasteiger partial charge on any atom is -0.381 e. The fourth-order valence-corrected chi connectivity index (χ4v) is 2.31. The van der Waals surface area contributed by atoms with Gasteiger partial charge in [0.15, 0.2) is 5.96 Å². The van der Waals surface area contributed by atoms with Gasteiger partial charge in [0, 0.05) is 46.4 Å². The SMILES string of the molecule is CCNC(=NCCCOCC1CC1)N(C)CC(=O)N(CC)CC.I. The van der Waals surface area contributed by atoms with Crippen molar-refractivity contribution in [3.63, 3.8) is 0 Å². The molecule has 0 atom stereocenters. The number of guanidine groups is 1. The number of nitrogens with one attached hydrogen (secondary N) is 1. The number of halogens is 1. The Morgan fingerprint density at radius 2 is 1.92 bits per heavy atom. The molecule has 0 aromatic heterocycles. The van der Waals surface area contributed by atoms with Crippen molar-refractivity contribution in [1.29, 1.82) is 0 Å². The third-order valence-corrected chi connectivity index (χ3v) is 3.94. The van der Waals surface area contributed by atoms with Crippen molar-refractivity contribution >= 4 is 35.8 Å². The maximum atomic E-state index is 12.2. The topological polar surface area (TPSA) is 57.2 Å². The molecular formula is C17H35IN4O2. The number of nitrogens with zero attached hydrogens (tertiary/aromatic N) is 3. The van der Waals surface area contributed by atoms with Gasteiger partial charge in [-0.15, -0.1) is 24.0 Å². The molecule has 0 saturated heterocycles. The van der Waals surface area contributed by atoms with Gasteiger partial charge in [-0.25, -0.2) is 0 Å². The number of amides is 1. The van der Waals surface area contributed by atoms with E-state index in [1.165, 1.54) is 12.8 Å². The second-order valence-electron chi connectivity index (χ2n) is 6.03. The molecule has 6 nitrogen and oxygen atoms in total. The molecule has 0 bridgehead atoms. The van der Waals surface area contributed by atoms with Crippen molar-refractivity contribution in [2.45, 2.75) is 40.0 Å². The van der Waals surface area contributed by atoms with Gasteiger partial charge < -0.3 is 19.9 Å². The first-order valence-electron chi connectivity index (χ1n) is 8.97. The van der Waals surface area contributed by atoms with Gasteiger partial charge in [-0.1, -0.05) is 0 Å². The van der Waals surface area contributed by atoms with E-state index in [0.29, 0.717) is 6.54 Å². The summed E-state index contributed by atoms with van der Waals surface area (Å²) in [6.45, 7) is 11.1. The molecule has 142 valence electrons. The lowest BCUT2D eigenvalue weighted by Gasteiger charge is -2.25. The molecule has 0 radical (unpaired) electrons. The quantitative estimate of drug-likeness (QED) is 0.225. The van der Waals surface area contributed by atoms with Crippen LogP contribution in [0.2, 0.25) is 0 Å². The molecular weight excluding hydrogens is 419 g/mol. The minimum absolute atomic E-state index is 0. The molecule has 1 amide bonds.